The van der Waals surface area contributed by atoms with E-state index in [0.717, 1.165) is 11.3 Å². The highest BCUT2D eigenvalue weighted by molar-refractivity contribution is 7.99. The molecule has 0 N–H and O–H groups in total. The van der Waals surface area contributed by atoms with Crippen molar-refractivity contribution in [2.75, 3.05) is 5.75 Å². The van der Waals surface area contributed by atoms with Crippen LogP contribution in [0.25, 0.3) is 11.3 Å². The molecule has 0 radical (unpaired) electrons. The van der Waals surface area contributed by atoms with Gasteiger partial charge in [-0.25, -0.2) is 4.98 Å². The zero-order valence-electron chi connectivity index (χ0n) is 14.5. The van der Waals surface area contributed by atoms with Gasteiger partial charge < -0.3 is 0 Å². The predicted molar refractivity (Wildman–Crippen MR) is 97.2 cm³/mol. The fourth-order valence-corrected chi connectivity index (χ4v) is 3.83. The van der Waals surface area contributed by atoms with Crippen molar-refractivity contribution < 1.29 is 0 Å². The minimum absolute atomic E-state index is 0.0609. The predicted octanol–water partition coefficient (Wildman–Crippen LogP) is 3.82. The monoisotopic (exact) mass is 339 g/mol. The molecule has 3 rings (SSSR count). The van der Waals surface area contributed by atoms with Gasteiger partial charge in [0.25, 0.3) is 5.56 Å². The molecular weight excluding hydrogens is 318 g/mol. The van der Waals surface area contributed by atoms with Crippen molar-refractivity contribution in [3.8, 4) is 17.3 Å². The average Bonchev–Trinajstić information content (AvgIpc) is 2.54. The Hall–Kier alpha value is -2.06. The molecular formula is C19H21N3OS. The minimum Gasteiger partial charge on any atom is -0.286 e. The fraction of sp³-hybridized carbons (Fsp3) is 0.421. The van der Waals surface area contributed by atoms with Crippen molar-refractivity contribution in [2.24, 2.45) is 5.92 Å². The molecule has 1 aromatic heterocycles. The summed E-state index contributed by atoms with van der Waals surface area (Å²) in [7, 11) is 0. The van der Waals surface area contributed by atoms with Crippen molar-refractivity contribution in [2.45, 2.75) is 44.8 Å². The van der Waals surface area contributed by atoms with Gasteiger partial charge in [0.1, 0.15) is 11.6 Å². The Balaban J connectivity index is 2.14. The number of nitriles is 1. The Morgan fingerprint density at radius 2 is 1.96 bits per heavy atom. The van der Waals surface area contributed by atoms with Gasteiger partial charge in [-0.15, -0.1) is 0 Å². The molecule has 0 bridgehead atoms. The smallest absolute Gasteiger partial charge is 0.272 e. The van der Waals surface area contributed by atoms with Gasteiger partial charge in [0.05, 0.1) is 5.69 Å². The first kappa shape index (κ1) is 16.8. The molecule has 0 amide bonds. The van der Waals surface area contributed by atoms with Crippen LogP contribution in [0.2, 0.25) is 0 Å². The van der Waals surface area contributed by atoms with Crippen molar-refractivity contribution in [3.63, 3.8) is 0 Å². The van der Waals surface area contributed by atoms with E-state index in [-0.39, 0.29) is 16.5 Å². The van der Waals surface area contributed by atoms with Crippen LogP contribution in [0.3, 0.4) is 0 Å². The second kappa shape index (κ2) is 6.10. The molecule has 1 atom stereocenters. The van der Waals surface area contributed by atoms with Crippen molar-refractivity contribution >= 4 is 11.8 Å². The van der Waals surface area contributed by atoms with Crippen LogP contribution in [0.4, 0.5) is 0 Å². The van der Waals surface area contributed by atoms with E-state index in [4.69, 9.17) is 0 Å². The number of hydrogen-bond acceptors (Lipinski definition) is 4. The molecule has 0 fully saturated rings. The van der Waals surface area contributed by atoms with Crippen LogP contribution in [-0.4, -0.2) is 15.3 Å². The first-order valence-corrected chi connectivity index (χ1v) is 9.08. The topological polar surface area (TPSA) is 58.7 Å². The molecule has 1 aromatic carbocycles. The lowest BCUT2D eigenvalue weighted by Crippen LogP contribution is -2.32. The van der Waals surface area contributed by atoms with Crippen molar-refractivity contribution in [1.29, 1.82) is 5.26 Å². The van der Waals surface area contributed by atoms with Gasteiger partial charge in [-0.3, -0.25) is 9.36 Å². The molecule has 1 aliphatic rings. The molecule has 2 aromatic rings. The fourth-order valence-electron chi connectivity index (χ4n) is 2.83. The van der Waals surface area contributed by atoms with Gasteiger partial charge in [-0.05, 0) is 16.9 Å². The standard InChI is InChI=1S/C19H21N3OS/c1-12-10-22-17(23)15(9-20)16(21-18(22)24-11-12)13-5-7-14(8-6-13)19(2,3)4/h5-8,12H,10-11H2,1-4H3. The molecule has 1 aliphatic heterocycles. The highest BCUT2D eigenvalue weighted by Gasteiger charge is 2.23. The molecule has 24 heavy (non-hydrogen) atoms. The van der Waals surface area contributed by atoms with E-state index in [2.05, 4.69) is 38.7 Å². The van der Waals surface area contributed by atoms with Crippen LogP contribution in [0, 0.1) is 17.2 Å². The van der Waals surface area contributed by atoms with Gasteiger partial charge in [0.2, 0.25) is 0 Å². The van der Waals surface area contributed by atoms with E-state index < -0.39 is 0 Å². The van der Waals surface area contributed by atoms with Crippen LogP contribution >= 0.6 is 11.8 Å². The molecule has 4 nitrogen and oxygen atoms in total. The molecule has 0 aliphatic carbocycles. The first-order valence-electron chi connectivity index (χ1n) is 8.10. The lowest BCUT2D eigenvalue weighted by atomic mass is 9.86. The summed E-state index contributed by atoms with van der Waals surface area (Å²) < 4.78 is 1.64. The molecule has 0 spiro atoms. The maximum atomic E-state index is 12.7. The van der Waals surface area contributed by atoms with Crippen LogP contribution in [0.5, 0.6) is 0 Å². The normalized spacial score (nSPS) is 17.2. The Morgan fingerprint density at radius 1 is 1.29 bits per heavy atom. The third-order valence-corrected chi connectivity index (χ3v) is 5.57. The van der Waals surface area contributed by atoms with Crippen LogP contribution in [0.15, 0.2) is 34.2 Å². The third kappa shape index (κ3) is 2.99. The first-order chi connectivity index (χ1) is 11.3. The van der Waals surface area contributed by atoms with E-state index >= 15 is 0 Å². The second-order valence-corrected chi connectivity index (χ2v) is 8.38. The zero-order chi connectivity index (χ0) is 17.5. The molecule has 1 unspecified atom stereocenters. The van der Waals surface area contributed by atoms with Gasteiger partial charge >= 0.3 is 0 Å². The lowest BCUT2D eigenvalue weighted by Gasteiger charge is -2.23. The molecule has 5 heteroatoms. The molecule has 0 saturated heterocycles. The lowest BCUT2D eigenvalue weighted by molar-refractivity contribution is 0.460. The molecule has 0 saturated carbocycles. The maximum absolute atomic E-state index is 12.7. The second-order valence-electron chi connectivity index (χ2n) is 7.39. The summed E-state index contributed by atoms with van der Waals surface area (Å²) in [5, 5.41) is 10.2. The Morgan fingerprint density at radius 3 is 2.54 bits per heavy atom. The molecule has 2 heterocycles. The highest BCUT2D eigenvalue weighted by Crippen LogP contribution is 2.30. The van der Waals surface area contributed by atoms with Gasteiger partial charge in [-0.2, -0.15) is 5.26 Å². The zero-order valence-corrected chi connectivity index (χ0v) is 15.3. The quantitative estimate of drug-likeness (QED) is 0.741. The summed E-state index contributed by atoms with van der Waals surface area (Å²) in [5.74, 6) is 1.35. The van der Waals surface area contributed by atoms with Crippen molar-refractivity contribution in [3.05, 3.63) is 45.7 Å². The minimum atomic E-state index is -0.226. The average molecular weight is 339 g/mol. The Bertz CT molecular complexity index is 870. The van der Waals surface area contributed by atoms with E-state index in [1.54, 1.807) is 16.3 Å². The number of benzene rings is 1. The Kier molecular flexibility index (Phi) is 4.27. The van der Waals surface area contributed by atoms with Gasteiger partial charge in [0.15, 0.2) is 5.16 Å². The number of hydrogen-bond donors (Lipinski definition) is 0. The van der Waals surface area contributed by atoms with E-state index in [1.165, 1.54) is 5.56 Å². The van der Waals surface area contributed by atoms with Gasteiger partial charge in [-0.1, -0.05) is 63.7 Å². The number of thioether (sulfide) groups is 1. The maximum Gasteiger partial charge on any atom is 0.272 e. The summed E-state index contributed by atoms with van der Waals surface area (Å²) in [6.45, 7) is 9.21. The highest BCUT2D eigenvalue weighted by atomic mass is 32.2. The summed E-state index contributed by atoms with van der Waals surface area (Å²) in [5.41, 5.74) is 2.50. The van der Waals surface area contributed by atoms with Crippen molar-refractivity contribution in [1.82, 2.24) is 9.55 Å². The number of nitrogens with zero attached hydrogens (tertiary/aromatic N) is 3. The number of rotatable bonds is 1. The van der Waals surface area contributed by atoms with E-state index in [9.17, 15) is 10.1 Å². The molecule has 124 valence electrons. The Labute approximate surface area is 146 Å². The van der Waals surface area contributed by atoms with E-state index in [0.29, 0.717) is 23.3 Å². The summed E-state index contributed by atoms with van der Waals surface area (Å²) in [6.07, 6.45) is 0. The third-order valence-electron chi connectivity index (χ3n) is 4.26. The van der Waals surface area contributed by atoms with Gasteiger partial charge in [0, 0.05) is 17.9 Å². The van der Waals surface area contributed by atoms with E-state index in [1.807, 2.05) is 24.3 Å². The number of fused-ring (bicyclic) bond motifs is 1. The van der Waals surface area contributed by atoms with Crippen LogP contribution < -0.4 is 5.56 Å². The number of aromatic nitrogens is 2. The summed E-state index contributed by atoms with van der Waals surface area (Å²) >= 11 is 1.59. The van der Waals surface area contributed by atoms with Crippen LogP contribution in [-0.2, 0) is 12.0 Å². The summed E-state index contributed by atoms with van der Waals surface area (Å²) in [6, 6.07) is 10.1. The SMILES string of the molecule is CC1CSc2nc(-c3ccc(C(C)(C)C)cc3)c(C#N)c(=O)n2C1. The summed E-state index contributed by atoms with van der Waals surface area (Å²) in [4.78, 5) is 17.3. The van der Waals surface area contributed by atoms with Crippen LogP contribution in [0.1, 0.15) is 38.8 Å². The largest absolute Gasteiger partial charge is 0.286 e.